The molecule has 66 valence electrons. The molecule has 4 unspecified atom stereocenters. The monoisotopic (exact) mass is 162 g/mol. The molecule has 0 aromatic heterocycles. The second kappa shape index (κ2) is 2.37. The molecule has 0 spiro atoms. The van der Waals surface area contributed by atoms with E-state index in [1.165, 1.54) is 19.3 Å². The number of hydrogen-bond acceptors (Lipinski definition) is 0. The highest BCUT2D eigenvalue weighted by Crippen LogP contribution is 2.56. The maximum absolute atomic E-state index is 2.61. The second-order valence-electron chi connectivity index (χ2n) is 5.13. The molecular weight excluding hydrogens is 144 g/mol. The predicted octanol–water partition coefficient (Wildman–Crippen LogP) is 3.39. The molecule has 3 rings (SSSR count). The second-order valence-corrected chi connectivity index (χ2v) is 5.13. The van der Waals surface area contributed by atoms with Crippen molar-refractivity contribution >= 4 is 0 Å². The topological polar surface area (TPSA) is 0 Å². The molecule has 0 heteroatoms. The quantitative estimate of drug-likeness (QED) is 0.479. The molecule has 2 saturated carbocycles. The SMILES string of the molecule is CC1=CC2C3CCC(C3)C2CC1. The van der Waals surface area contributed by atoms with Crippen LogP contribution in [-0.4, -0.2) is 0 Å². The highest BCUT2D eigenvalue weighted by atomic mass is 14.5. The number of allylic oxidation sites excluding steroid dienone is 2. The zero-order chi connectivity index (χ0) is 8.13. The van der Waals surface area contributed by atoms with Gasteiger partial charge in [0.25, 0.3) is 0 Å². The first kappa shape index (κ1) is 7.17. The fourth-order valence-electron chi connectivity index (χ4n) is 3.95. The molecule has 0 radical (unpaired) electrons. The van der Waals surface area contributed by atoms with Crippen molar-refractivity contribution < 1.29 is 0 Å². The Morgan fingerprint density at radius 1 is 1.17 bits per heavy atom. The average molecular weight is 162 g/mol. The van der Waals surface area contributed by atoms with Crippen LogP contribution >= 0.6 is 0 Å². The lowest BCUT2D eigenvalue weighted by Gasteiger charge is -2.33. The van der Waals surface area contributed by atoms with Gasteiger partial charge < -0.3 is 0 Å². The molecule has 0 amide bonds. The third-order valence-corrected chi connectivity index (χ3v) is 4.51. The van der Waals surface area contributed by atoms with Crippen LogP contribution in [0.25, 0.3) is 0 Å². The molecule has 2 fully saturated rings. The molecule has 12 heavy (non-hydrogen) atoms. The molecule has 0 aromatic carbocycles. The van der Waals surface area contributed by atoms with Gasteiger partial charge in [0.1, 0.15) is 0 Å². The maximum Gasteiger partial charge on any atom is -0.0171 e. The summed E-state index contributed by atoms with van der Waals surface area (Å²) in [5.74, 6) is 4.34. The van der Waals surface area contributed by atoms with Crippen molar-refractivity contribution in [2.45, 2.75) is 39.0 Å². The van der Waals surface area contributed by atoms with E-state index in [0.717, 1.165) is 23.7 Å². The van der Waals surface area contributed by atoms with Gasteiger partial charge in [0.2, 0.25) is 0 Å². The number of rotatable bonds is 0. The van der Waals surface area contributed by atoms with Crippen LogP contribution in [0.3, 0.4) is 0 Å². The van der Waals surface area contributed by atoms with Gasteiger partial charge in [-0.2, -0.15) is 0 Å². The van der Waals surface area contributed by atoms with Gasteiger partial charge >= 0.3 is 0 Å². The lowest BCUT2D eigenvalue weighted by Crippen LogP contribution is -2.23. The predicted molar refractivity (Wildman–Crippen MR) is 50.8 cm³/mol. The van der Waals surface area contributed by atoms with Crippen molar-refractivity contribution in [1.82, 2.24) is 0 Å². The largest absolute Gasteiger partial charge is 0.0819 e. The van der Waals surface area contributed by atoms with E-state index in [9.17, 15) is 0 Å². The van der Waals surface area contributed by atoms with Crippen molar-refractivity contribution in [2.24, 2.45) is 23.7 Å². The maximum atomic E-state index is 2.61. The number of fused-ring (bicyclic) bond motifs is 5. The summed E-state index contributed by atoms with van der Waals surface area (Å²) in [6, 6.07) is 0. The fourth-order valence-corrected chi connectivity index (χ4v) is 3.95. The van der Waals surface area contributed by atoms with E-state index >= 15 is 0 Å². The molecule has 0 saturated heterocycles. The van der Waals surface area contributed by atoms with Gasteiger partial charge in [0, 0.05) is 0 Å². The van der Waals surface area contributed by atoms with Crippen LogP contribution in [0.4, 0.5) is 0 Å². The standard InChI is InChI=1S/C12H18/c1-8-2-5-11-9-3-4-10(7-9)12(11)6-8/h6,9-12H,2-5,7H2,1H3. The minimum Gasteiger partial charge on any atom is -0.0819 e. The lowest BCUT2D eigenvalue weighted by molar-refractivity contribution is 0.238. The summed E-state index contributed by atoms with van der Waals surface area (Å²) in [5.41, 5.74) is 1.67. The Morgan fingerprint density at radius 3 is 2.92 bits per heavy atom. The first-order valence-corrected chi connectivity index (χ1v) is 5.52. The van der Waals surface area contributed by atoms with Gasteiger partial charge in [-0.15, -0.1) is 0 Å². The van der Waals surface area contributed by atoms with Crippen LogP contribution in [-0.2, 0) is 0 Å². The van der Waals surface area contributed by atoms with Crippen molar-refractivity contribution in [2.75, 3.05) is 0 Å². The van der Waals surface area contributed by atoms with Crippen LogP contribution in [0, 0.1) is 23.7 Å². The van der Waals surface area contributed by atoms with Crippen LogP contribution in [0.15, 0.2) is 11.6 Å². The summed E-state index contributed by atoms with van der Waals surface area (Å²) < 4.78 is 0. The van der Waals surface area contributed by atoms with E-state index in [1.807, 2.05) is 0 Å². The molecule has 0 N–H and O–H groups in total. The van der Waals surface area contributed by atoms with Gasteiger partial charge in [-0.3, -0.25) is 0 Å². The third kappa shape index (κ3) is 0.841. The minimum absolute atomic E-state index is 1.01. The van der Waals surface area contributed by atoms with Crippen LogP contribution in [0.5, 0.6) is 0 Å². The molecule has 2 bridgehead atoms. The molecule has 3 aliphatic rings. The smallest absolute Gasteiger partial charge is 0.0171 e. The summed E-state index contributed by atoms with van der Waals surface area (Å²) in [6.45, 7) is 2.32. The lowest BCUT2D eigenvalue weighted by atomic mass is 9.72. The van der Waals surface area contributed by atoms with Gasteiger partial charge in [-0.05, 0) is 62.7 Å². The average Bonchev–Trinajstić information content (AvgIpc) is 2.63. The molecule has 0 heterocycles. The minimum atomic E-state index is 1.01. The Hall–Kier alpha value is -0.260. The first-order valence-electron chi connectivity index (χ1n) is 5.52. The normalized spacial score (nSPS) is 50.6. The Morgan fingerprint density at radius 2 is 2.00 bits per heavy atom. The highest BCUT2D eigenvalue weighted by Gasteiger charge is 2.46. The van der Waals surface area contributed by atoms with Crippen molar-refractivity contribution in [3.05, 3.63) is 11.6 Å². The van der Waals surface area contributed by atoms with E-state index in [0.29, 0.717) is 0 Å². The van der Waals surface area contributed by atoms with E-state index in [2.05, 4.69) is 13.0 Å². The van der Waals surface area contributed by atoms with E-state index in [-0.39, 0.29) is 0 Å². The molecule has 0 aliphatic heterocycles. The third-order valence-electron chi connectivity index (χ3n) is 4.51. The van der Waals surface area contributed by atoms with Gasteiger partial charge in [0.15, 0.2) is 0 Å². The summed E-state index contributed by atoms with van der Waals surface area (Å²) in [6.07, 6.45) is 10.2. The zero-order valence-corrected chi connectivity index (χ0v) is 7.92. The Kier molecular flexibility index (Phi) is 1.42. The first-order chi connectivity index (χ1) is 5.84. The van der Waals surface area contributed by atoms with E-state index < -0.39 is 0 Å². The summed E-state index contributed by atoms with van der Waals surface area (Å²) in [4.78, 5) is 0. The summed E-state index contributed by atoms with van der Waals surface area (Å²) >= 11 is 0. The van der Waals surface area contributed by atoms with Gasteiger partial charge in [-0.1, -0.05) is 11.6 Å². The highest BCUT2D eigenvalue weighted by molar-refractivity contribution is 5.14. The summed E-state index contributed by atoms with van der Waals surface area (Å²) in [7, 11) is 0. The molecular formula is C12H18. The van der Waals surface area contributed by atoms with Crippen LogP contribution < -0.4 is 0 Å². The van der Waals surface area contributed by atoms with E-state index in [4.69, 9.17) is 0 Å². The Bertz CT molecular complexity index is 226. The van der Waals surface area contributed by atoms with Crippen molar-refractivity contribution in [3.63, 3.8) is 0 Å². The molecule has 0 aromatic rings. The molecule has 0 nitrogen and oxygen atoms in total. The van der Waals surface area contributed by atoms with E-state index in [1.54, 1.807) is 18.4 Å². The van der Waals surface area contributed by atoms with Gasteiger partial charge in [-0.25, -0.2) is 0 Å². The Labute approximate surface area is 75.0 Å². The van der Waals surface area contributed by atoms with Crippen LogP contribution in [0.2, 0.25) is 0 Å². The Balaban J connectivity index is 1.92. The summed E-state index contributed by atoms with van der Waals surface area (Å²) in [5, 5.41) is 0. The van der Waals surface area contributed by atoms with Crippen molar-refractivity contribution in [3.8, 4) is 0 Å². The molecule has 3 aliphatic carbocycles. The van der Waals surface area contributed by atoms with Crippen molar-refractivity contribution in [1.29, 1.82) is 0 Å². The van der Waals surface area contributed by atoms with Gasteiger partial charge in [0.05, 0.1) is 0 Å². The fraction of sp³-hybridized carbons (Fsp3) is 0.833. The van der Waals surface area contributed by atoms with Crippen LogP contribution in [0.1, 0.15) is 39.0 Å². The number of hydrogen-bond donors (Lipinski definition) is 0. The molecule has 4 atom stereocenters. The zero-order valence-electron chi connectivity index (χ0n) is 7.92.